The van der Waals surface area contributed by atoms with E-state index in [1.54, 1.807) is 6.26 Å². The maximum Gasteiger partial charge on any atom is 0.0134 e. The van der Waals surface area contributed by atoms with Crippen LogP contribution in [0.25, 0.3) is 0 Å². The van der Waals surface area contributed by atoms with E-state index in [1.807, 2.05) is 0 Å². The first-order valence-corrected chi connectivity index (χ1v) is 4.78. The minimum atomic E-state index is 1.07. The van der Waals surface area contributed by atoms with Crippen molar-refractivity contribution in [3.8, 4) is 0 Å². The van der Waals surface area contributed by atoms with Crippen molar-refractivity contribution in [1.29, 1.82) is 0 Å². The first kappa shape index (κ1) is 13.6. The highest BCUT2D eigenvalue weighted by molar-refractivity contribution is 7.79. The molecule has 0 amide bonds. The van der Waals surface area contributed by atoms with Crippen molar-refractivity contribution in [2.45, 2.75) is 12.8 Å². The molecule has 0 aromatic carbocycles. The zero-order valence-corrected chi connectivity index (χ0v) is 8.40. The van der Waals surface area contributed by atoms with Gasteiger partial charge >= 0.3 is 0 Å². The fraction of sp³-hybridized carbons (Fsp3) is 0.750. The Morgan fingerprint density at radius 1 is 1.27 bits per heavy atom. The molecule has 3 heteroatoms. The summed E-state index contributed by atoms with van der Waals surface area (Å²) in [5.41, 5.74) is 4.50. The zero-order valence-electron chi connectivity index (χ0n) is 7.51. The highest BCUT2D eigenvalue weighted by atomic mass is 32.1. The van der Waals surface area contributed by atoms with E-state index < -0.39 is 0 Å². The number of hydrogen-bond donors (Lipinski definition) is 3. The largest absolute Gasteiger partial charge is 0.333 e. The van der Waals surface area contributed by atoms with Crippen LogP contribution in [0.5, 0.6) is 0 Å². The fourth-order valence-electron chi connectivity index (χ4n) is 0.731. The lowest BCUT2D eigenvalue weighted by Gasteiger charge is -1.91. The Hall–Kier alpha value is 0.0100. The van der Waals surface area contributed by atoms with Crippen LogP contribution in [-0.2, 0) is 0 Å². The minimum absolute atomic E-state index is 1.07. The molecule has 0 aliphatic carbocycles. The van der Waals surface area contributed by atoms with Gasteiger partial charge in [-0.25, -0.2) is 0 Å². The Labute approximate surface area is 75.7 Å². The van der Waals surface area contributed by atoms with Gasteiger partial charge in [-0.1, -0.05) is 12.2 Å². The van der Waals surface area contributed by atoms with Crippen LogP contribution in [0.4, 0.5) is 0 Å². The third-order valence-electron chi connectivity index (χ3n) is 1.15. The molecule has 2 nitrogen and oxygen atoms in total. The van der Waals surface area contributed by atoms with Crippen LogP contribution in [0.3, 0.4) is 0 Å². The second kappa shape index (κ2) is 16.5. The number of nitrogens with two attached hydrogens (primary N) is 1. The Kier molecular flexibility index (Phi) is 20.4. The predicted octanol–water partition coefficient (Wildman–Crippen LogP) is 1.05. The van der Waals surface area contributed by atoms with E-state index in [-0.39, 0.29) is 0 Å². The van der Waals surface area contributed by atoms with Gasteiger partial charge in [-0.3, -0.25) is 0 Å². The second-order valence-corrected chi connectivity index (χ2v) is 1.82. The Balaban J connectivity index is 0. The monoisotopic (exact) mass is 176 g/mol. The van der Waals surface area contributed by atoms with E-state index >= 15 is 0 Å². The highest BCUT2D eigenvalue weighted by Gasteiger charge is 1.86. The van der Waals surface area contributed by atoms with Crippen molar-refractivity contribution >= 4 is 12.6 Å². The van der Waals surface area contributed by atoms with Crippen molar-refractivity contribution in [3.05, 3.63) is 12.2 Å². The quantitative estimate of drug-likeness (QED) is 0.381. The van der Waals surface area contributed by atoms with E-state index in [0.29, 0.717) is 0 Å². The molecule has 0 spiro atoms. The van der Waals surface area contributed by atoms with Crippen LogP contribution in [0, 0.1) is 0 Å². The molecule has 0 saturated carbocycles. The third kappa shape index (κ3) is 13.1. The molecule has 0 atom stereocenters. The molecule has 0 aromatic rings. The summed E-state index contributed by atoms with van der Waals surface area (Å²) in [4.78, 5) is 0. The fourth-order valence-corrected chi connectivity index (χ4v) is 0.731. The summed E-state index contributed by atoms with van der Waals surface area (Å²) in [6.45, 7) is 2.26. The van der Waals surface area contributed by atoms with Gasteiger partial charge in [0.05, 0.1) is 0 Å². The summed E-state index contributed by atoms with van der Waals surface area (Å²) in [5.74, 6) is 0. The van der Waals surface area contributed by atoms with Crippen molar-refractivity contribution in [1.82, 2.24) is 5.32 Å². The summed E-state index contributed by atoms with van der Waals surface area (Å²) >= 11 is 3.53. The smallest absolute Gasteiger partial charge is 0.0134 e. The zero-order chi connectivity index (χ0) is 8.95. The van der Waals surface area contributed by atoms with Crippen LogP contribution in [0.15, 0.2) is 12.2 Å². The molecule has 0 aromatic heterocycles. The van der Waals surface area contributed by atoms with Gasteiger partial charge in [0.15, 0.2) is 0 Å². The average Bonchev–Trinajstić information content (AvgIpc) is 2.42. The van der Waals surface area contributed by atoms with Crippen molar-refractivity contribution in [2.24, 2.45) is 5.73 Å². The maximum atomic E-state index is 4.50. The van der Waals surface area contributed by atoms with Crippen LogP contribution < -0.4 is 11.1 Å². The van der Waals surface area contributed by atoms with Crippen LogP contribution in [0.1, 0.15) is 12.8 Å². The van der Waals surface area contributed by atoms with Gasteiger partial charge < -0.3 is 11.1 Å². The average molecular weight is 176 g/mol. The molecule has 1 aliphatic heterocycles. The van der Waals surface area contributed by atoms with E-state index in [0.717, 1.165) is 6.54 Å². The van der Waals surface area contributed by atoms with Gasteiger partial charge in [-0.2, -0.15) is 12.6 Å². The summed E-state index contributed by atoms with van der Waals surface area (Å²) in [6.07, 6.45) is 8.68. The molecule has 0 bridgehead atoms. The molecule has 0 saturated heterocycles. The highest BCUT2D eigenvalue weighted by Crippen LogP contribution is 1.91. The normalized spacial score (nSPS) is 14.9. The van der Waals surface area contributed by atoms with Crippen molar-refractivity contribution in [2.75, 3.05) is 26.4 Å². The molecule has 1 heterocycles. The lowest BCUT2D eigenvalue weighted by molar-refractivity contribution is 0.721. The van der Waals surface area contributed by atoms with Crippen LogP contribution in [-0.4, -0.2) is 26.4 Å². The Morgan fingerprint density at radius 3 is 2.55 bits per heavy atom. The van der Waals surface area contributed by atoms with E-state index in [2.05, 4.69) is 35.8 Å². The van der Waals surface area contributed by atoms with Gasteiger partial charge in [0.2, 0.25) is 0 Å². The molecule has 3 N–H and O–H groups in total. The van der Waals surface area contributed by atoms with Gasteiger partial charge in [0.1, 0.15) is 0 Å². The summed E-state index contributed by atoms with van der Waals surface area (Å²) < 4.78 is 0. The molecular weight excluding hydrogens is 156 g/mol. The third-order valence-corrected chi connectivity index (χ3v) is 1.15. The van der Waals surface area contributed by atoms with Crippen molar-refractivity contribution in [3.63, 3.8) is 0 Å². The number of thiol groups is 1. The molecule has 0 fully saturated rings. The summed E-state index contributed by atoms with van der Waals surface area (Å²) in [5, 5.41) is 3.26. The molecule has 1 rings (SSSR count). The number of allylic oxidation sites excluding steroid dienone is 1. The van der Waals surface area contributed by atoms with Crippen LogP contribution in [0.2, 0.25) is 0 Å². The maximum absolute atomic E-state index is 4.50. The van der Waals surface area contributed by atoms with Gasteiger partial charge in [0, 0.05) is 6.54 Å². The standard InChI is InChI=1S/C6H11N.CH5N.CH4S/c1-2-4-6-7-5-3-1;2*1-2/h1,3,7H,2,4-6H2;2H2,1H3;2H,1H3. The molecule has 68 valence electrons. The van der Waals surface area contributed by atoms with E-state index in [1.165, 1.54) is 26.4 Å². The first-order valence-electron chi connectivity index (χ1n) is 3.88. The lowest BCUT2D eigenvalue weighted by Crippen LogP contribution is -2.12. The minimum Gasteiger partial charge on any atom is -0.333 e. The van der Waals surface area contributed by atoms with E-state index in [9.17, 15) is 0 Å². The second-order valence-electron chi connectivity index (χ2n) is 1.82. The van der Waals surface area contributed by atoms with Crippen LogP contribution >= 0.6 is 12.6 Å². The molecular formula is C8H20N2S. The molecule has 0 unspecified atom stereocenters. The Bertz CT molecular complexity index is 66.5. The summed E-state index contributed by atoms with van der Waals surface area (Å²) in [7, 11) is 1.50. The molecule has 1 aliphatic rings. The number of hydrogen-bond acceptors (Lipinski definition) is 3. The Morgan fingerprint density at radius 2 is 1.91 bits per heavy atom. The van der Waals surface area contributed by atoms with Gasteiger partial charge in [-0.05, 0) is 32.7 Å². The lowest BCUT2D eigenvalue weighted by atomic mass is 10.3. The van der Waals surface area contributed by atoms with Gasteiger partial charge in [-0.15, -0.1) is 0 Å². The van der Waals surface area contributed by atoms with Crippen molar-refractivity contribution < 1.29 is 0 Å². The van der Waals surface area contributed by atoms with E-state index in [4.69, 9.17) is 0 Å². The number of nitrogens with one attached hydrogen (secondary N) is 1. The van der Waals surface area contributed by atoms with Gasteiger partial charge in [0.25, 0.3) is 0 Å². The topological polar surface area (TPSA) is 38.0 Å². The first-order chi connectivity index (χ1) is 5.50. The predicted molar refractivity (Wildman–Crippen MR) is 56.3 cm³/mol. The number of rotatable bonds is 0. The molecule has 11 heavy (non-hydrogen) atoms. The SMILES string of the molecule is C1=CCNCCC1.CN.CS. The molecule has 0 radical (unpaired) electrons. The summed E-state index contributed by atoms with van der Waals surface area (Å²) in [6, 6.07) is 0.